The number of nitrogens with zero attached hydrogens (tertiary/aromatic N) is 5. The number of aromatic nitrogens is 6. The lowest BCUT2D eigenvalue weighted by molar-refractivity contribution is 0.477. The molecule has 4 heterocycles. The van der Waals surface area contributed by atoms with Crippen molar-refractivity contribution in [2.45, 2.75) is 0 Å². The third kappa shape index (κ3) is 4.02. The topological polar surface area (TPSA) is 114 Å². The predicted octanol–water partition coefficient (Wildman–Crippen LogP) is 5.64. The Kier molecular flexibility index (Phi) is 4.74. The van der Waals surface area contributed by atoms with Crippen molar-refractivity contribution in [3.8, 4) is 11.5 Å². The molecule has 0 spiro atoms. The van der Waals surface area contributed by atoms with E-state index in [-0.39, 0.29) is 0 Å². The van der Waals surface area contributed by atoms with E-state index in [2.05, 4.69) is 35.8 Å². The molecule has 2 aromatic carbocycles. The van der Waals surface area contributed by atoms with Crippen molar-refractivity contribution in [3.63, 3.8) is 0 Å². The van der Waals surface area contributed by atoms with E-state index in [1.165, 1.54) is 6.33 Å². The zero-order valence-electron chi connectivity index (χ0n) is 17.1. The number of nitrogens with one attached hydrogen (secondary N) is 3. The first kappa shape index (κ1) is 19.1. The van der Waals surface area contributed by atoms with Crippen molar-refractivity contribution in [3.05, 3.63) is 78.8 Å². The van der Waals surface area contributed by atoms with Crippen molar-refractivity contribution < 1.29 is 4.74 Å². The van der Waals surface area contributed by atoms with Crippen LogP contribution in [0, 0.1) is 0 Å². The molecule has 0 aliphatic rings. The van der Waals surface area contributed by atoms with Crippen LogP contribution in [0.25, 0.3) is 21.1 Å². The minimum atomic E-state index is 0.498. The van der Waals surface area contributed by atoms with Gasteiger partial charge in [-0.15, -0.1) is 11.3 Å². The van der Waals surface area contributed by atoms with Gasteiger partial charge in [0, 0.05) is 16.8 Å². The average molecular weight is 453 g/mol. The highest BCUT2D eigenvalue weighted by molar-refractivity contribution is 7.17. The molecule has 0 fully saturated rings. The van der Waals surface area contributed by atoms with Gasteiger partial charge in [0.1, 0.15) is 12.1 Å². The van der Waals surface area contributed by atoms with E-state index in [9.17, 15) is 0 Å². The fraction of sp³-hybridized carbons (Fsp3) is 0. The molecule has 6 rings (SSSR count). The summed E-state index contributed by atoms with van der Waals surface area (Å²) in [5, 5.41) is 16.8. The summed E-state index contributed by atoms with van der Waals surface area (Å²) in [5.41, 5.74) is 3.62. The Morgan fingerprint density at radius 3 is 2.55 bits per heavy atom. The molecule has 10 heteroatoms. The van der Waals surface area contributed by atoms with Crippen LogP contribution >= 0.6 is 11.3 Å². The lowest BCUT2D eigenvalue weighted by atomic mass is 10.2. The minimum Gasteiger partial charge on any atom is -0.454 e. The number of rotatable bonds is 6. The average Bonchev–Trinajstić information content (AvgIpc) is 3.50. The molecule has 160 valence electrons. The van der Waals surface area contributed by atoms with Gasteiger partial charge in [-0.3, -0.25) is 5.10 Å². The maximum atomic E-state index is 5.74. The van der Waals surface area contributed by atoms with Crippen LogP contribution in [0.4, 0.5) is 23.1 Å². The number of anilines is 4. The van der Waals surface area contributed by atoms with Crippen molar-refractivity contribution in [2.75, 3.05) is 10.6 Å². The summed E-state index contributed by atoms with van der Waals surface area (Å²) >= 11 is 1.60. The van der Waals surface area contributed by atoms with Crippen molar-refractivity contribution in [2.24, 2.45) is 0 Å². The van der Waals surface area contributed by atoms with E-state index in [1.807, 2.05) is 53.9 Å². The molecule has 0 amide bonds. The number of benzene rings is 2. The summed E-state index contributed by atoms with van der Waals surface area (Å²) in [6.45, 7) is 0. The van der Waals surface area contributed by atoms with Gasteiger partial charge in [0.15, 0.2) is 11.6 Å². The first-order chi connectivity index (χ1) is 16.3. The van der Waals surface area contributed by atoms with E-state index in [1.54, 1.807) is 29.9 Å². The van der Waals surface area contributed by atoms with Crippen LogP contribution in [-0.4, -0.2) is 30.1 Å². The molecular formula is C23H16N8OS. The second kappa shape index (κ2) is 8.17. The fourth-order valence-corrected chi connectivity index (χ4v) is 4.15. The van der Waals surface area contributed by atoms with Crippen molar-refractivity contribution in [1.82, 2.24) is 30.1 Å². The van der Waals surface area contributed by atoms with E-state index in [0.29, 0.717) is 17.4 Å². The first-order valence-corrected chi connectivity index (χ1v) is 10.9. The Morgan fingerprint density at radius 2 is 1.67 bits per heavy atom. The minimum absolute atomic E-state index is 0.498. The molecular weight excluding hydrogens is 436 g/mol. The molecule has 0 aliphatic carbocycles. The molecule has 0 unspecified atom stereocenters. The van der Waals surface area contributed by atoms with E-state index >= 15 is 0 Å². The summed E-state index contributed by atoms with van der Waals surface area (Å²) in [5.74, 6) is 2.50. The van der Waals surface area contributed by atoms with Crippen LogP contribution in [-0.2, 0) is 0 Å². The van der Waals surface area contributed by atoms with Gasteiger partial charge < -0.3 is 15.4 Å². The van der Waals surface area contributed by atoms with Gasteiger partial charge in [0.2, 0.25) is 5.95 Å². The standard InChI is InChI=1S/C23H16N8OS/c1-4-17(32-18-11-24-13-25-12-18)5-2-15(1)28-23-29-20-7-8-33-21(20)22(30-23)27-16-3-6-19-14(9-16)10-26-31-19/h1-13H,(H,26,31)(H2,27,28,29,30). The van der Waals surface area contributed by atoms with Gasteiger partial charge in [0.25, 0.3) is 0 Å². The first-order valence-electron chi connectivity index (χ1n) is 10.1. The van der Waals surface area contributed by atoms with Gasteiger partial charge in [0.05, 0.1) is 34.3 Å². The summed E-state index contributed by atoms with van der Waals surface area (Å²) in [4.78, 5) is 17.3. The van der Waals surface area contributed by atoms with Gasteiger partial charge >= 0.3 is 0 Å². The fourth-order valence-electron chi connectivity index (χ4n) is 3.37. The molecule has 3 N–H and O–H groups in total. The van der Waals surface area contributed by atoms with E-state index < -0.39 is 0 Å². The molecule has 33 heavy (non-hydrogen) atoms. The molecule has 0 saturated heterocycles. The lowest BCUT2D eigenvalue weighted by Gasteiger charge is -2.11. The summed E-state index contributed by atoms with van der Waals surface area (Å²) in [6.07, 6.45) is 6.49. The van der Waals surface area contributed by atoms with Crippen LogP contribution in [0.5, 0.6) is 11.5 Å². The van der Waals surface area contributed by atoms with Crippen LogP contribution in [0.3, 0.4) is 0 Å². The number of hydrogen-bond donors (Lipinski definition) is 3. The Balaban J connectivity index is 1.25. The number of hydrogen-bond acceptors (Lipinski definition) is 9. The third-order valence-corrected chi connectivity index (χ3v) is 5.80. The van der Waals surface area contributed by atoms with Crippen molar-refractivity contribution in [1.29, 1.82) is 0 Å². The molecule has 6 aromatic rings. The Morgan fingerprint density at radius 1 is 0.818 bits per heavy atom. The highest BCUT2D eigenvalue weighted by Gasteiger charge is 2.11. The molecule has 0 saturated carbocycles. The number of ether oxygens (including phenoxy) is 1. The molecule has 0 atom stereocenters. The number of aromatic amines is 1. The second-order valence-corrected chi connectivity index (χ2v) is 8.07. The third-order valence-electron chi connectivity index (χ3n) is 4.89. The predicted molar refractivity (Wildman–Crippen MR) is 129 cm³/mol. The summed E-state index contributed by atoms with van der Waals surface area (Å²) < 4.78 is 6.73. The maximum absolute atomic E-state index is 5.74. The summed E-state index contributed by atoms with van der Waals surface area (Å²) in [6, 6.07) is 15.5. The molecule has 0 radical (unpaired) electrons. The quantitative estimate of drug-likeness (QED) is 0.298. The zero-order chi connectivity index (χ0) is 22.0. The number of H-pyrrole nitrogens is 1. The van der Waals surface area contributed by atoms with Gasteiger partial charge in [-0.1, -0.05) is 0 Å². The van der Waals surface area contributed by atoms with Crippen molar-refractivity contribution >= 4 is 55.6 Å². The van der Waals surface area contributed by atoms with E-state index in [0.717, 1.165) is 38.3 Å². The largest absolute Gasteiger partial charge is 0.454 e. The number of thiophene rings is 1. The number of fused-ring (bicyclic) bond motifs is 2. The summed E-state index contributed by atoms with van der Waals surface area (Å²) in [7, 11) is 0. The molecule has 0 aliphatic heterocycles. The molecule has 9 nitrogen and oxygen atoms in total. The smallest absolute Gasteiger partial charge is 0.229 e. The molecule has 4 aromatic heterocycles. The Hall–Kier alpha value is -4.57. The van der Waals surface area contributed by atoms with Crippen LogP contribution in [0.2, 0.25) is 0 Å². The normalized spacial score (nSPS) is 11.0. The maximum Gasteiger partial charge on any atom is 0.229 e. The van der Waals surface area contributed by atoms with Gasteiger partial charge in [-0.05, 0) is 53.9 Å². The monoisotopic (exact) mass is 452 g/mol. The van der Waals surface area contributed by atoms with Gasteiger partial charge in [-0.2, -0.15) is 10.1 Å². The zero-order valence-corrected chi connectivity index (χ0v) is 17.9. The van der Waals surface area contributed by atoms with Crippen LogP contribution in [0.15, 0.2) is 78.8 Å². The SMILES string of the molecule is c1ncc(Oc2ccc(Nc3nc(Nc4ccc5[nH]ncc5c4)c4sccc4n3)cc2)cn1. The lowest BCUT2D eigenvalue weighted by Crippen LogP contribution is -2.01. The van der Waals surface area contributed by atoms with Crippen LogP contribution < -0.4 is 15.4 Å². The van der Waals surface area contributed by atoms with Gasteiger partial charge in [-0.25, -0.2) is 15.0 Å². The second-order valence-electron chi connectivity index (χ2n) is 7.15. The van der Waals surface area contributed by atoms with E-state index in [4.69, 9.17) is 9.72 Å². The highest BCUT2D eigenvalue weighted by Crippen LogP contribution is 2.31. The van der Waals surface area contributed by atoms with Crippen LogP contribution in [0.1, 0.15) is 0 Å². The Labute approximate surface area is 191 Å². The Bertz CT molecular complexity index is 1550. The molecule has 0 bridgehead atoms. The highest BCUT2D eigenvalue weighted by atomic mass is 32.1.